The van der Waals surface area contributed by atoms with Gasteiger partial charge in [0.15, 0.2) is 0 Å². The lowest BCUT2D eigenvalue weighted by Gasteiger charge is -2.21. The smallest absolute Gasteiger partial charge is 0.135 e. The molecule has 5 aromatic carbocycles. The van der Waals surface area contributed by atoms with Gasteiger partial charge in [0.2, 0.25) is 0 Å². The summed E-state index contributed by atoms with van der Waals surface area (Å²) >= 11 is 7.09. The Hall–Kier alpha value is -4.85. The maximum atomic E-state index is 7.09. The van der Waals surface area contributed by atoms with E-state index < -0.39 is 0 Å². The van der Waals surface area contributed by atoms with Crippen LogP contribution in [0.5, 0.6) is 5.75 Å². The highest BCUT2D eigenvalue weighted by atomic mass is 35.5. The summed E-state index contributed by atoms with van der Waals surface area (Å²) in [6.07, 6.45) is 14.0. The number of fused-ring (bicyclic) bond motifs is 2. The van der Waals surface area contributed by atoms with Gasteiger partial charge in [0.05, 0.1) is 0 Å². The van der Waals surface area contributed by atoms with Crippen LogP contribution in [0.15, 0.2) is 162 Å². The number of ether oxygens (including phenoxy) is 1. The molecule has 0 saturated carbocycles. The molecule has 2 aliphatic rings. The zero-order valence-corrected chi connectivity index (χ0v) is 24.6. The molecule has 2 heteroatoms. The van der Waals surface area contributed by atoms with E-state index in [1.54, 1.807) is 0 Å². The van der Waals surface area contributed by atoms with Gasteiger partial charge in [-0.05, 0) is 87.7 Å². The average Bonchev–Trinajstić information content (AvgIpc) is 3.07. The summed E-state index contributed by atoms with van der Waals surface area (Å²) in [6.45, 7) is 0. The van der Waals surface area contributed by atoms with Gasteiger partial charge in [-0.2, -0.15) is 0 Å². The summed E-state index contributed by atoms with van der Waals surface area (Å²) in [5.41, 5.74) is 9.24. The number of rotatable bonds is 5. The highest BCUT2D eigenvalue weighted by molar-refractivity contribution is 6.32. The minimum absolute atomic E-state index is 0.850. The maximum Gasteiger partial charge on any atom is 0.135 e. The van der Waals surface area contributed by atoms with E-state index in [1.807, 2.05) is 30.3 Å². The predicted octanol–water partition coefficient (Wildman–Crippen LogP) is 11.6. The lowest BCUT2D eigenvalue weighted by molar-refractivity contribution is 0.509. The summed E-state index contributed by atoms with van der Waals surface area (Å²) in [6, 6.07) is 42.2. The minimum Gasteiger partial charge on any atom is -0.456 e. The van der Waals surface area contributed by atoms with Crippen LogP contribution in [0.25, 0.3) is 39.3 Å². The Morgan fingerprint density at radius 1 is 0.628 bits per heavy atom. The third-order valence-corrected chi connectivity index (χ3v) is 8.63. The normalized spacial score (nSPS) is 16.9. The molecule has 208 valence electrons. The molecule has 0 saturated heterocycles. The van der Waals surface area contributed by atoms with Crippen molar-refractivity contribution in [2.24, 2.45) is 0 Å². The first kappa shape index (κ1) is 27.0. The second kappa shape index (κ2) is 12.2. The van der Waals surface area contributed by atoms with Crippen LogP contribution in [0.1, 0.15) is 36.0 Å². The quantitative estimate of drug-likeness (QED) is 0.203. The topological polar surface area (TPSA) is 9.23 Å². The molecule has 7 rings (SSSR count). The average molecular weight is 575 g/mol. The van der Waals surface area contributed by atoms with Gasteiger partial charge in [-0.15, -0.1) is 0 Å². The standard InChI is InChI=1S/C41H31ClO/c42-41-31(22-24-34-27-36(29-12-3-1-4-13-29)26-33-16-7-8-19-37(33)34)17-11-18-32(41)23-25-35-28-40(30-14-5-2-6-15-30)43-39-21-10-9-20-38(35)39/h1-10,12-16,19-28H,11,17-18H2/b24-22+,32-23+,35-25+. The largest absolute Gasteiger partial charge is 0.456 e. The zero-order chi connectivity index (χ0) is 29.0. The summed E-state index contributed by atoms with van der Waals surface area (Å²) in [4.78, 5) is 0. The fourth-order valence-electron chi connectivity index (χ4n) is 5.91. The Labute approximate surface area is 258 Å². The van der Waals surface area contributed by atoms with Gasteiger partial charge < -0.3 is 4.74 Å². The molecule has 1 aliphatic carbocycles. The van der Waals surface area contributed by atoms with Crippen molar-refractivity contribution in [3.8, 4) is 16.9 Å². The fraction of sp³-hybridized carbons (Fsp3) is 0.0732. The van der Waals surface area contributed by atoms with E-state index in [0.717, 1.165) is 52.5 Å². The van der Waals surface area contributed by atoms with Crippen LogP contribution in [0, 0.1) is 0 Å². The van der Waals surface area contributed by atoms with Crippen LogP contribution >= 0.6 is 11.6 Å². The molecule has 43 heavy (non-hydrogen) atoms. The van der Waals surface area contributed by atoms with E-state index in [4.69, 9.17) is 16.3 Å². The van der Waals surface area contributed by atoms with E-state index in [1.165, 1.54) is 38.6 Å². The van der Waals surface area contributed by atoms with Crippen LogP contribution in [0.3, 0.4) is 0 Å². The Morgan fingerprint density at radius 2 is 1.35 bits per heavy atom. The molecule has 0 fully saturated rings. The van der Waals surface area contributed by atoms with Crippen LogP contribution in [0.4, 0.5) is 0 Å². The summed E-state index contributed by atoms with van der Waals surface area (Å²) in [7, 11) is 0. The minimum atomic E-state index is 0.850. The van der Waals surface area contributed by atoms with Crippen molar-refractivity contribution in [1.29, 1.82) is 0 Å². The maximum absolute atomic E-state index is 7.09. The molecule has 1 heterocycles. The van der Waals surface area contributed by atoms with E-state index >= 15 is 0 Å². The SMILES string of the molecule is ClC1=C(/C=C/c2cc(-c3ccccc3)cc3ccccc23)CCC/C1=C\C=C1/C=C(c2ccccc2)Oc2ccccc21. The molecule has 0 amide bonds. The Balaban J connectivity index is 1.24. The van der Waals surface area contributed by atoms with Gasteiger partial charge in [0.1, 0.15) is 11.5 Å². The van der Waals surface area contributed by atoms with E-state index in [9.17, 15) is 0 Å². The molecule has 0 atom stereocenters. The molecular formula is C41H31ClO. The molecule has 0 radical (unpaired) electrons. The van der Waals surface area contributed by atoms with Crippen LogP contribution < -0.4 is 4.74 Å². The number of hydrogen-bond acceptors (Lipinski definition) is 1. The Kier molecular flexibility index (Phi) is 7.65. The number of halogens is 1. The Morgan fingerprint density at radius 3 is 2.19 bits per heavy atom. The van der Waals surface area contributed by atoms with Gasteiger partial charge in [-0.1, -0.05) is 139 Å². The highest BCUT2D eigenvalue weighted by Gasteiger charge is 2.18. The number of benzene rings is 5. The molecule has 1 nitrogen and oxygen atoms in total. The van der Waals surface area contributed by atoms with E-state index in [-0.39, 0.29) is 0 Å². The highest BCUT2D eigenvalue weighted by Crippen LogP contribution is 2.39. The summed E-state index contributed by atoms with van der Waals surface area (Å²) in [5.74, 6) is 1.72. The van der Waals surface area contributed by atoms with Gasteiger partial charge in [0.25, 0.3) is 0 Å². The van der Waals surface area contributed by atoms with Gasteiger partial charge in [-0.3, -0.25) is 0 Å². The van der Waals surface area contributed by atoms with Crippen molar-refractivity contribution in [1.82, 2.24) is 0 Å². The van der Waals surface area contributed by atoms with Crippen LogP contribution in [-0.4, -0.2) is 0 Å². The molecule has 1 aliphatic heterocycles. The zero-order valence-electron chi connectivity index (χ0n) is 23.8. The number of para-hydroxylation sites is 1. The van der Waals surface area contributed by atoms with Gasteiger partial charge >= 0.3 is 0 Å². The Bertz CT molecular complexity index is 1960. The van der Waals surface area contributed by atoms with Crippen LogP contribution in [-0.2, 0) is 0 Å². The van der Waals surface area contributed by atoms with E-state index in [0.29, 0.717) is 0 Å². The van der Waals surface area contributed by atoms with E-state index in [2.05, 4.69) is 121 Å². The molecule has 0 unspecified atom stereocenters. The van der Waals surface area contributed by atoms with Crippen molar-refractivity contribution >= 4 is 39.8 Å². The summed E-state index contributed by atoms with van der Waals surface area (Å²) < 4.78 is 6.27. The number of allylic oxidation sites excluding steroid dienone is 8. The van der Waals surface area contributed by atoms with Crippen molar-refractivity contribution < 1.29 is 4.74 Å². The van der Waals surface area contributed by atoms with Crippen molar-refractivity contribution in [2.75, 3.05) is 0 Å². The molecular weight excluding hydrogens is 544 g/mol. The van der Waals surface area contributed by atoms with Crippen molar-refractivity contribution in [2.45, 2.75) is 19.3 Å². The molecule has 0 aromatic heterocycles. The molecule has 0 bridgehead atoms. The summed E-state index contributed by atoms with van der Waals surface area (Å²) in [5, 5.41) is 3.33. The second-order valence-electron chi connectivity index (χ2n) is 11.0. The lowest BCUT2D eigenvalue weighted by Crippen LogP contribution is -2.03. The first-order valence-corrected chi connectivity index (χ1v) is 15.2. The number of hydrogen-bond donors (Lipinski definition) is 0. The fourth-order valence-corrected chi connectivity index (χ4v) is 6.22. The third-order valence-electron chi connectivity index (χ3n) is 8.15. The first-order chi connectivity index (χ1) is 21.2. The third kappa shape index (κ3) is 5.78. The first-order valence-electron chi connectivity index (χ1n) is 14.8. The monoisotopic (exact) mass is 574 g/mol. The molecule has 0 spiro atoms. The second-order valence-corrected chi connectivity index (χ2v) is 11.3. The molecule has 5 aromatic rings. The van der Waals surface area contributed by atoms with Crippen LogP contribution in [0.2, 0.25) is 0 Å². The van der Waals surface area contributed by atoms with Gasteiger partial charge in [-0.25, -0.2) is 0 Å². The lowest BCUT2D eigenvalue weighted by atomic mass is 9.92. The van der Waals surface area contributed by atoms with Crippen molar-refractivity contribution in [3.05, 3.63) is 179 Å². The predicted molar refractivity (Wildman–Crippen MR) is 183 cm³/mol. The molecule has 0 N–H and O–H groups in total. The van der Waals surface area contributed by atoms with Crippen molar-refractivity contribution in [3.63, 3.8) is 0 Å². The van der Waals surface area contributed by atoms with Gasteiger partial charge in [0, 0.05) is 16.2 Å².